The summed E-state index contributed by atoms with van der Waals surface area (Å²) in [5, 5.41) is 0. The fraction of sp³-hybridized carbons (Fsp3) is 0.636. The smallest absolute Gasteiger partial charge is 0.130 e. The predicted octanol–water partition coefficient (Wildman–Crippen LogP) is 2.98. The highest BCUT2D eigenvalue weighted by Crippen LogP contribution is 2.03. The maximum Gasteiger partial charge on any atom is 0.130 e. The third-order valence-electron chi connectivity index (χ3n) is 1.33. The zero-order valence-corrected chi connectivity index (χ0v) is 10.0. The van der Waals surface area contributed by atoms with Gasteiger partial charge in [0, 0.05) is 6.42 Å². The summed E-state index contributed by atoms with van der Waals surface area (Å²) in [5.74, 6) is 1.73. The first-order valence-corrected chi connectivity index (χ1v) is 5.06. The molecule has 0 spiro atoms. The standard InChI is InChI=1S/C9H17N3.C2H6/c1-5-8(10)12-9(11-4)6-7(2)3;1-2/h5,7H,4,6,10H2,1-3H3;1-2H3/b8-5-,12-9-;. The van der Waals surface area contributed by atoms with Gasteiger partial charge in [-0.3, -0.25) is 0 Å². The van der Waals surface area contributed by atoms with Crippen LogP contribution in [0.3, 0.4) is 0 Å². The van der Waals surface area contributed by atoms with E-state index in [0.717, 1.165) is 6.42 Å². The van der Waals surface area contributed by atoms with Crippen LogP contribution in [-0.2, 0) is 0 Å². The number of rotatable bonds is 3. The second-order valence-electron chi connectivity index (χ2n) is 3.00. The van der Waals surface area contributed by atoms with E-state index in [0.29, 0.717) is 17.6 Å². The molecule has 0 aromatic carbocycles. The van der Waals surface area contributed by atoms with Gasteiger partial charge in [-0.2, -0.15) is 0 Å². The Labute approximate surface area is 87.8 Å². The summed E-state index contributed by atoms with van der Waals surface area (Å²) in [6.07, 6.45) is 2.56. The number of allylic oxidation sites excluding steroid dienone is 1. The molecule has 3 nitrogen and oxygen atoms in total. The van der Waals surface area contributed by atoms with Crippen LogP contribution in [0.5, 0.6) is 0 Å². The lowest BCUT2D eigenvalue weighted by molar-refractivity contribution is 0.680. The van der Waals surface area contributed by atoms with Gasteiger partial charge in [0.2, 0.25) is 0 Å². The lowest BCUT2D eigenvalue weighted by Gasteiger charge is -2.03. The quantitative estimate of drug-likeness (QED) is 0.549. The number of nitrogens with two attached hydrogens (primary N) is 1. The number of amidine groups is 1. The summed E-state index contributed by atoms with van der Waals surface area (Å²) >= 11 is 0. The third-order valence-corrected chi connectivity index (χ3v) is 1.33. The Morgan fingerprint density at radius 2 is 1.93 bits per heavy atom. The van der Waals surface area contributed by atoms with Crippen molar-refractivity contribution in [2.24, 2.45) is 21.6 Å². The molecule has 0 aliphatic heterocycles. The Kier molecular flexibility index (Phi) is 10.9. The fourth-order valence-electron chi connectivity index (χ4n) is 0.724. The SMILES string of the molecule is C=N/C(CC(C)C)=N\C(N)=C/C.CC. The molecule has 0 rings (SSSR count). The molecule has 0 aliphatic carbocycles. The van der Waals surface area contributed by atoms with Crippen molar-refractivity contribution in [3.63, 3.8) is 0 Å². The summed E-state index contributed by atoms with van der Waals surface area (Å²) in [6, 6.07) is 0. The molecule has 0 atom stereocenters. The van der Waals surface area contributed by atoms with Crippen LogP contribution in [-0.4, -0.2) is 12.6 Å². The molecule has 0 radical (unpaired) electrons. The van der Waals surface area contributed by atoms with E-state index < -0.39 is 0 Å². The summed E-state index contributed by atoms with van der Waals surface area (Å²) in [6.45, 7) is 13.5. The van der Waals surface area contributed by atoms with Gasteiger partial charge in [0.1, 0.15) is 11.7 Å². The van der Waals surface area contributed by atoms with Gasteiger partial charge in [-0.05, 0) is 25.6 Å². The van der Waals surface area contributed by atoms with Crippen molar-refractivity contribution in [2.75, 3.05) is 0 Å². The van der Waals surface area contributed by atoms with Crippen LogP contribution in [0.4, 0.5) is 0 Å². The van der Waals surface area contributed by atoms with Gasteiger partial charge in [0.15, 0.2) is 0 Å². The van der Waals surface area contributed by atoms with E-state index >= 15 is 0 Å². The van der Waals surface area contributed by atoms with E-state index in [4.69, 9.17) is 5.73 Å². The lowest BCUT2D eigenvalue weighted by atomic mass is 10.1. The molecule has 0 unspecified atom stereocenters. The average molecular weight is 197 g/mol. The highest BCUT2D eigenvalue weighted by molar-refractivity contribution is 5.87. The van der Waals surface area contributed by atoms with Crippen LogP contribution in [0.1, 0.15) is 41.0 Å². The van der Waals surface area contributed by atoms with E-state index in [9.17, 15) is 0 Å². The maximum atomic E-state index is 5.51. The normalized spacial score (nSPS) is 12.1. The maximum absolute atomic E-state index is 5.51. The highest BCUT2D eigenvalue weighted by atomic mass is 15.0. The molecule has 82 valence electrons. The van der Waals surface area contributed by atoms with Gasteiger partial charge in [-0.25, -0.2) is 9.98 Å². The van der Waals surface area contributed by atoms with Gasteiger partial charge in [-0.15, -0.1) is 0 Å². The molecule has 0 saturated carbocycles. The van der Waals surface area contributed by atoms with Crippen molar-refractivity contribution in [3.8, 4) is 0 Å². The van der Waals surface area contributed by atoms with Gasteiger partial charge in [-0.1, -0.05) is 27.7 Å². The summed E-state index contributed by atoms with van der Waals surface area (Å²) < 4.78 is 0. The Morgan fingerprint density at radius 1 is 1.43 bits per heavy atom. The summed E-state index contributed by atoms with van der Waals surface area (Å²) in [7, 11) is 0. The Morgan fingerprint density at radius 3 is 2.21 bits per heavy atom. The molecule has 2 N–H and O–H groups in total. The fourth-order valence-corrected chi connectivity index (χ4v) is 0.724. The number of nitrogens with zero attached hydrogens (tertiary/aromatic N) is 2. The largest absolute Gasteiger partial charge is 0.384 e. The van der Waals surface area contributed by atoms with Crippen LogP contribution >= 0.6 is 0 Å². The van der Waals surface area contributed by atoms with E-state index in [-0.39, 0.29) is 0 Å². The third kappa shape index (κ3) is 8.97. The average Bonchev–Trinajstić information content (AvgIpc) is 2.19. The van der Waals surface area contributed by atoms with E-state index in [2.05, 4.69) is 30.5 Å². The van der Waals surface area contributed by atoms with Crippen molar-refractivity contribution >= 4 is 12.6 Å². The van der Waals surface area contributed by atoms with Crippen molar-refractivity contribution in [3.05, 3.63) is 11.9 Å². The molecule has 0 amide bonds. The zero-order valence-electron chi connectivity index (χ0n) is 10.0. The van der Waals surface area contributed by atoms with Crippen molar-refractivity contribution in [1.29, 1.82) is 0 Å². The van der Waals surface area contributed by atoms with Crippen molar-refractivity contribution in [2.45, 2.75) is 41.0 Å². The van der Waals surface area contributed by atoms with Gasteiger partial charge in [0.25, 0.3) is 0 Å². The van der Waals surface area contributed by atoms with Gasteiger partial charge >= 0.3 is 0 Å². The molecule has 14 heavy (non-hydrogen) atoms. The first-order chi connectivity index (χ1) is 6.60. The molecule has 0 saturated heterocycles. The van der Waals surface area contributed by atoms with Crippen molar-refractivity contribution < 1.29 is 0 Å². The molecule has 0 aromatic heterocycles. The van der Waals surface area contributed by atoms with Crippen LogP contribution < -0.4 is 5.73 Å². The molecular weight excluding hydrogens is 174 g/mol. The molecule has 3 heteroatoms. The van der Waals surface area contributed by atoms with E-state index in [1.54, 1.807) is 6.08 Å². The first-order valence-electron chi connectivity index (χ1n) is 5.06. The minimum absolute atomic E-state index is 0.498. The zero-order chi connectivity index (χ0) is 11.6. The van der Waals surface area contributed by atoms with Crippen LogP contribution in [0.2, 0.25) is 0 Å². The van der Waals surface area contributed by atoms with Crippen molar-refractivity contribution in [1.82, 2.24) is 0 Å². The Balaban J connectivity index is 0. The predicted molar refractivity (Wildman–Crippen MR) is 65.7 cm³/mol. The second-order valence-corrected chi connectivity index (χ2v) is 3.00. The van der Waals surface area contributed by atoms with E-state index in [1.807, 2.05) is 20.8 Å². The minimum Gasteiger partial charge on any atom is -0.384 e. The van der Waals surface area contributed by atoms with E-state index in [1.165, 1.54) is 0 Å². The van der Waals surface area contributed by atoms with Crippen LogP contribution in [0.25, 0.3) is 0 Å². The summed E-state index contributed by atoms with van der Waals surface area (Å²) in [5.41, 5.74) is 5.51. The van der Waals surface area contributed by atoms with Crippen LogP contribution in [0.15, 0.2) is 21.9 Å². The monoisotopic (exact) mass is 197 g/mol. The number of hydrogen-bond acceptors (Lipinski definition) is 2. The molecule has 0 heterocycles. The highest BCUT2D eigenvalue weighted by Gasteiger charge is 1.99. The van der Waals surface area contributed by atoms with Gasteiger partial charge < -0.3 is 5.73 Å². The minimum atomic E-state index is 0.498. The number of hydrogen-bond donors (Lipinski definition) is 1. The molecular formula is C11H23N3. The Bertz CT molecular complexity index is 203. The van der Waals surface area contributed by atoms with Gasteiger partial charge in [0.05, 0.1) is 0 Å². The second kappa shape index (κ2) is 9.96. The van der Waals surface area contributed by atoms with Crippen LogP contribution in [0, 0.1) is 5.92 Å². The first kappa shape index (κ1) is 15.4. The molecule has 0 aromatic rings. The summed E-state index contributed by atoms with van der Waals surface area (Å²) in [4.78, 5) is 7.88. The lowest BCUT2D eigenvalue weighted by Crippen LogP contribution is -2.03. The Hall–Kier alpha value is -1.12. The topological polar surface area (TPSA) is 50.7 Å². The molecule has 0 fully saturated rings. The molecule has 0 bridgehead atoms. The molecule has 0 aliphatic rings. The number of aliphatic imine (C=N–C) groups is 2.